The summed E-state index contributed by atoms with van der Waals surface area (Å²) < 4.78 is 0. The minimum Gasteiger partial charge on any atom is -0.478 e. The lowest BCUT2D eigenvalue weighted by Crippen LogP contribution is -2.40. The van der Waals surface area contributed by atoms with Gasteiger partial charge in [-0.25, -0.2) is 4.79 Å². The highest BCUT2D eigenvalue weighted by Crippen LogP contribution is 2.28. The van der Waals surface area contributed by atoms with Gasteiger partial charge in [0.1, 0.15) is 0 Å². The van der Waals surface area contributed by atoms with Crippen LogP contribution in [0.3, 0.4) is 0 Å². The second-order valence-electron chi connectivity index (χ2n) is 7.34. The molecule has 1 atom stereocenters. The lowest BCUT2D eigenvalue weighted by atomic mass is 9.79. The number of rotatable bonds is 9. The predicted octanol–water partition coefficient (Wildman–Crippen LogP) is 1.96. The highest BCUT2D eigenvalue weighted by atomic mass is 16.4. The van der Waals surface area contributed by atoms with E-state index in [1.807, 2.05) is 13.8 Å². The second-order valence-corrected chi connectivity index (χ2v) is 7.34. The van der Waals surface area contributed by atoms with E-state index in [0.29, 0.717) is 6.54 Å². The van der Waals surface area contributed by atoms with Crippen LogP contribution >= 0.6 is 0 Å². The number of carboxylic acid groups (broad SMARTS) is 1. The molecule has 0 aromatic rings. The first-order valence-corrected chi connectivity index (χ1v) is 7.89. The van der Waals surface area contributed by atoms with E-state index in [1.54, 1.807) is 0 Å². The number of aliphatic carboxylic acids is 1. The Morgan fingerprint density at radius 3 is 2.04 bits per heavy atom. The molecule has 0 aliphatic heterocycles. The molecule has 132 valence electrons. The van der Waals surface area contributed by atoms with Crippen molar-refractivity contribution in [3.8, 4) is 0 Å². The third-order valence-corrected chi connectivity index (χ3v) is 3.40. The van der Waals surface area contributed by atoms with Crippen LogP contribution in [-0.2, 0) is 14.4 Å². The zero-order valence-corrected chi connectivity index (χ0v) is 14.9. The van der Waals surface area contributed by atoms with Gasteiger partial charge in [-0.15, -0.1) is 0 Å². The van der Waals surface area contributed by atoms with Crippen molar-refractivity contribution in [3.05, 3.63) is 12.2 Å². The third-order valence-electron chi connectivity index (χ3n) is 3.40. The summed E-state index contributed by atoms with van der Waals surface area (Å²) in [5, 5.41) is 14.0. The maximum absolute atomic E-state index is 12.3. The lowest BCUT2D eigenvalue weighted by molar-refractivity contribution is -0.134. The van der Waals surface area contributed by atoms with Crippen molar-refractivity contribution in [1.29, 1.82) is 0 Å². The molecule has 1 unspecified atom stereocenters. The SMILES string of the molecule is C=C(CC(=O)NCCNC(=O)C(CC(C)(C)C)C(C)C)C(=O)O. The Morgan fingerprint density at radius 2 is 1.61 bits per heavy atom. The van der Waals surface area contributed by atoms with E-state index in [-0.39, 0.29) is 41.7 Å². The monoisotopic (exact) mass is 326 g/mol. The summed E-state index contributed by atoms with van der Waals surface area (Å²) in [6.07, 6.45) is 0.545. The Kier molecular flexibility index (Phi) is 8.58. The van der Waals surface area contributed by atoms with Crippen LogP contribution in [0, 0.1) is 17.3 Å². The third kappa shape index (κ3) is 9.71. The number of carbonyl (C=O) groups excluding carboxylic acids is 2. The highest BCUT2D eigenvalue weighted by Gasteiger charge is 2.27. The second kappa shape index (κ2) is 9.33. The highest BCUT2D eigenvalue weighted by molar-refractivity contribution is 5.93. The summed E-state index contributed by atoms with van der Waals surface area (Å²) in [5.41, 5.74) is -0.0888. The van der Waals surface area contributed by atoms with Gasteiger partial charge in [-0.3, -0.25) is 9.59 Å². The van der Waals surface area contributed by atoms with Gasteiger partial charge in [0.2, 0.25) is 11.8 Å². The number of hydrogen-bond donors (Lipinski definition) is 3. The first-order chi connectivity index (χ1) is 10.4. The van der Waals surface area contributed by atoms with E-state index in [9.17, 15) is 14.4 Å². The molecule has 0 spiro atoms. The Bertz CT molecular complexity index is 450. The number of nitrogens with one attached hydrogen (secondary N) is 2. The summed E-state index contributed by atoms with van der Waals surface area (Å²) in [6.45, 7) is 14.2. The molecule has 2 amide bonds. The van der Waals surface area contributed by atoms with Crippen LogP contribution in [0.25, 0.3) is 0 Å². The molecule has 0 saturated heterocycles. The number of amides is 2. The van der Waals surface area contributed by atoms with E-state index in [4.69, 9.17) is 5.11 Å². The molecule has 0 aliphatic carbocycles. The normalized spacial score (nSPS) is 12.6. The molecule has 0 aromatic heterocycles. The van der Waals surface area contributed by atoms with Gasteiger partial charge in [-0.1, -0.05) is 41.2 Å². The quantitative estimate of drug-likeness (QED) is 0.446. The maximum Gasteiger partial charge on any atom is 0.331 e. The molecule has 0 bridgehead atoms. The summed E-state index contributed by atoms with van der Waals surface area (Å²) in [5.74, 6) is -1.45. The molecule has 0 saturated carbocycles. The number of carboxylic acids is 1. The van der Waals surface area contributed by atoms with Crippen LogP contribution in [0.5, 0.6) is 0 Å². The van der Waals surface area contributed by atoms with E-state index in [0.717, 1.165) is 6.42 Å². The van der Waals surface area contributed by atoms with Crippen LogP contribution in [0.2, 0.25) is 0 Å². The first-order valence-electron chi connectivity index (χ1n) is 7.89. The molecule has 0 aliphatic rings. The van der Waals surface area contributed by atoms with Crippen LogP contribution in [0.4, 0.5) is 0 Å². The van der Waals surface area contributed by atoms with Crippen molar-refractivity contribution >= 4 is 17.8 Å². The van der Waals surface area contributed by atoms with Crippen molar-refractivity contribution < 1.29 is 19.5 Å². The van der Waals surface area contributed by atoms with Gasteiger partial charge in [0.15, 0.2) is 0 Å². The molecule has 0 fully saturated rings. The zero-order valence-electron chi connectivity index (χ0n) is 14.9. The minimum atomic E-state index is -1.18. The summed E-state index contributed by atoms with van der Waals surface area (Å²) >= 11 is 0. The van der Waals surface area contributed by atoms with Gasteiger partial charge < -0.3 is 15.7 Å². The topological polar surface area (TPSA) is 95.5 Å². The van der Waals surface area contributed by atoms with Crippen LogP contribution < -0.4 is 10.6 Å². The maximum atomic E-state index is 12.3. The van der Waals surface area contributed by atoms with Crippen molar-refractivity contribution in [1.82, 2.24) is 10.6 Å². The number of hydrogen-bond acceptors (Lipinski definition) is 3. The van der Waals surface area contributed by atoms with E-state index in [1.165, 1.54) is 0 Å². The molecular weight excluding hydrogens is 296 g/mol. The van der Waals surface area contributed by atoms with Gasteiger partial charge in [0.25, 0.3) is 0 Å². The molecule has 3 N–H and O–H groups in total. The van der Waals surface area contributed by atoms with Crippen molar-refractivity contribution in [2.75, 3.05) is 13.1 Å². The fraction of sp³-hybridized carbons (Fsp3) is 0.706. The van der Waals surface area contributed by atoms with Crippen molar-refractivity contribution in [2.24, 2.45) is 17.3 Å². The smallest absolute Gasteiger partial charge is 0.331 e. The molecule has 0 rings (SSSR count). The molecule has 23 heavy (non-hydrogen) atoms. The van der Waals surface area contributed by atoms with Crippen LogP contribution in [-0.4, -0.2) is 36.0 Å². The predicted molar refractivity (Wildman–Crippen MR) is 89.8 cm³/mol. The summed E-state index contributed by atoms with van der Waals surface area (Å²) in [7, 11) is 0. The molecule has 6 nitrogen and oxygen atoms in total. The fourth-order valence-corrected chi connectivity index (χ4v) is 2.14. The number of carbonyl (C=O) groups is 3. The molecule has 0 aromatic carbocycles. The van der Waals surface area contributed by atoms with Gasteiger partial charge in [0, 0.05) is 24.6 Å². The Balaban J connectivity index is 4.20. The molecule has 0 heterocycles. The van der Waals surface area contributed by atoms with E-state index < -0.39 is 11.9 Å². The molecule has 0 radical (unpaired) electrons. The van der Waals surface area contributed by atoms with E-state index >= 15 is 0 Å². The lowest BCUT2D eigenvalue weighted by Gasteiger charge is -2.28. The van der Waals surface area contributed by atoms with Gasteiger partial charge in [0.05, 0.1) is 6.42 Å². The first kappa shape index (κ1) is 21.1. The largest absolute Gasteiger partial charge is 0.478 e. The average molecular weight is 326 g/mol. The van der Waals surface area contributed by atoms with Gasteiger partial charge in [-0.05, 0) is 17.8 Å². The zero-order chi connectivity index (χ0) is 18.2. The van der Waals surface area contributed by atoms with Gasteiger partial charge >= 0.3 is 5.97 Å². The van der Waals surface area contributed by atoms with E-state index in [2.05, 4.69) is 38.0 Å². The Morgan fingerprint density at radius 1 is 1.09 bits per heavy atom. The minimum absolute atomic E-state index is 0.0147. The Hall–Kier alpha value is -1.85. The standard InChI is InChI=1S/C17H30N2O4/c1-11(2)13(10-17(4,5)6)15(21)19-8-7-18-14(20)9-12(3)16(22)23/h11,13H,3,7-10H2,1-2,4-6H3,(H,18,20)(H,19,21)(H,22,23). The van der Waals surface area contributed by atoms with Gasteiger partial charge in [-0.2, -0.15) is 0 Å². The molecular formula is C17H30N2O4. The van der Waals surface area contributed by atoms with Crippen LogP contribution in [0.15, 0.2) is 12.2 Å². The summed E-state index contributed by atoms with van der Waals surface area (Å²) in [4.78, 5) is 34.3. The average Bonchev–Trinajstić information content (AvgIpc) is 2.39. The van der Waals surface area contributed by atoms with Crippen molar-refractivity contribution in [2.45, 2.75) is 47.5 Å². The summed E-state index contributed by atoms with van der Waals surface area (Å²) in [6, 6.07) is 0. The van der Waals surface area contributed by atoms with Crippen LogP contribution in [0.1, 0.15) is 47.5 Å². The molecule has 6 heteroatoms. The van der Waals surface area contributed by atoms with Crippen molar-refractivity contribution in [3.63, 3.8) is 0 Å². The Labute approximate surface area is 138 Å². The fourth-order valence-electron chi connectivity index (χ4n) is 2.14.